The Morgan fingerprint density at radius 2 is 2.05 bits per heavy atom. The quantitative estimate of drug-likeness (QED) is 0.876. The Hall–Kier alpha value is -2.04. The topological polar surface area (TPSA) is 75.6 Å². The lowest BCUT2D eigenvalue weighted by atomic mass is 10.0. The normalized spacial score (nSPS) is 18.1. The van der Waals surface area contributed by atoms with Gasteiger partial charge < -0.3 is 15.2 Å². The van der Waals surface area contributed by atoms with Gasteiger partial charge in [0.1, 0.15) is 11.8 Å². The van der Waals surface area contributed by atoms with Crippen molar-refractivity contribution in [1.29, 1.82) is 0 Å². The average Bonchev–Trinajstić information content (AvgIpc) is 2.78. The van der Waals surface area contributed by atoms with E-state index in [4.69, 9.17) is 9.84 Å². The van der Waals surface area contributed by atoms with Crippen LogP contribution < -0.4 is 10.1 Å². The molecule has 2 unspecified atom stereocenters. The summed E-state index contributed by atoms with van der Waals surface area (Å²) in [6, 6.07) is 3.08. The summed E-state index contributed by atoms with van der Waals surface area (Å²) in [7, 11) is 0. The summed E-state index contributed by atoms with van der Waals surface area (Å²) in [5, 5.41) is 11.5. The van der Waals surface area contributed by atoms with Crippen molar-refractivity contribution in [3.05, 3.63) is 28.8 Å². The molecule has 1 aromatic rings. The van der Waals surface area contributed by atoms with Crippen molar-refractivity contribution in [1.82, 2.24) is 5.32 Å². The van der Waals surface area contributed by atoms with Gasteiger partial charge in [0.15, 0.2) is 6.10 Å². The molecule has 2 atom stereocenters. The Balaban J connectivity index is 2.07. The summed E-state index contributed by atoms with van der Waals surface area (Å²) >= 11 is 0. The highest BCUT2D eigenvalue weighted by molar-refractivity contribution is 5.87. The van der Waals surface area contributed by atoms with E-state index in [1.807, 2.05) is 26.0 Å². The number of carbonyl (C=O) groups excluding carboxylic acids is 1. The van der Waals surface area contributed by atoms with Gasteiger partial charge in [0.05, 0.1) is 0 Å². The van der Waals surface area contributed by atoms with E-state index in [1.54, 1.807) is 6.92 Å². The maximum absolute atomic E-state index is 12.1. The number of aryl methyl sites for hydroxylation is 2. The maximum atomic E-state index is 12.1. The van der Waals surface area contributed by atoms with Gasteiger partial charge in [0.25, 0.3) is 5.91 Å². The molecule has 0 radical (unpaired) electrons. The molecule has 1 aromatic carbocycles. The molecule has 108 valence electrons. The van der Waals surface area contributed by atoms with Crippen LogP contribution >= 0.6 is 0 Å². The molecular formula is C15H19NO4. The molecule has 0 aliphatic carbocycles. The van der Waals surface area contributed by atoms with E-state index in [2.05, 4.69) is 5.32 Å². The number of ether oxygens (including phenoxy) is 1. The molecule has 1 heterocycles. The smallest absolute Gasteiger partial charge is 0.326 e. The van der Waals surface area contributed by atoms with E-state index in [-0.39, 0.29) is 5.91 Å². The van der Waals surface area contributed by atoms with Crippen molar-refractivity contribution in [3.8, 4) is 5.75 Å². The Bertz CT molecular complexity index is 522. The number of nitrogens with one attached hydrogen (secondary N) is 1. The molecule has 0 saturated heterocycles. The molecule has 2 rings (SSSR count). The number of carbonyl (C=O) groups is 2. The summed E-state index contributed by atoms with van der Waals surface area (Å²) < 4.78 is 5.62. The molecule has 0 bridgehead atoms. The van der Waals surface area contributed by atoms with Crippen LogP contribution in [-0.2, 0) is 16.0 Å². The van der Waals surface area contributed by atoms with Crippen LogP contribution in [-0.4, -0.2) is 29.1 Å². The molecule has 2 N–H and O–H groups in total. The molecule has 5 heteroatoms. The van der Waals surface area contributed by atoms with E-state index < -0.39 is 18.1 Å². The fourth-order valence-electron chi connectivity index (χ4n) is 2.26. The van der Waals surface area contributed by atoms with Gasteiger partial charge in [-0.25, -0.2) is 4.79 Å². The van der Waals surface area contributed by atoms with Gasteiger partial charge >= 0.3 is 5.97 Å². The lowest BCUT2D eigenvalue weighted by Gasteiger charge is -2.15. The van der Waals surface area contributed by atoms with Gasteiger partial charge in [-0.1, -0.05) is 13.0 Å². The van der Waals surface area contributed by atoms with Crippen molar-refractivity contribution < 1.29 is 19.4 Å². The lowest BCUT2D eigenvalue weighted by Crippen LogP contribution is -2.46. The van der Waals surface area contributed by atoms with Crippen molar-refractivity contribution in [2.75, 3.05) is 0 Å². The number of carboxylic acids is 1. The van der Waals surface area contributed by atoms with Crippen LogP contribution in [0, 0.1) is 13.8 Å². The largest absolute Gasteiger partial charge is 0.480 e. The fraction of sp³-hybridized carbons (Fsp3) is 0.467. The zero-order valence-corrected chi connectivity index (χ0v) is 11.9. The van der Waals surface area contributed by atoms with E-state index >= 15 is 0 Å². The third-order valence-corrected chi connectivity index (χ3v) is 3.67. The first kappa shape index (κ1) is 14.4. The minimum atomic E-state index is -1.02. The summed E-state index contributed by atoms with van der Waals surface area (Å²) in [5.74, 6) is -0.676. The zero-order chi connectivity index (χ0) is 14.9. The number of hydrogen-bond donors (Lipinski definition) is 2. The van der Waals surface area contributed by atoms with Crippen molar-refractivity contribution in [2.24, 2.45) is 0 Å². The van der Waals surface area contributed by atoms with Gasteiger partial charge in [-0.3, -0.25) is 4.79 Å². The van der Waals surface area contributed by atoms with Gasteiger partial charge in [-0.15, -0.1) is 0 Å². The highest BCUT2D eigenvalue weighted by Gasteiger charge is 2.31. The minimum absolute atomic E-state index is 0.346. The number of hydrogen-bond acceptors (Lipinski definition) is 3. The van der Waals surface area contributed by atoms with Gasteiger partial charge in [-0.2, -0.15) is 0 Å². The molecule has 0 saturated carbocycles. The van der Waals surface area contributed by atoms with Crippen LogP contribution in [0.3, 0.4) is 0 Å². The second kappa shape index (κ2) is 5.53. The SMILES string of the molecule is CCC(NC(=O)C1Cc2cc(C)c(C)cc2O1)C(=O)O. The second-order valence-electron chi connectivity index (χ2n) is 5.16. The first-order chi connectivity index (χ1) is 9.42. The number of aliphatic carboxylic acids is 1. The van der Waals surface area contributed by atoms with Crippen LogP contribution in [0.4, 0.5) is 0 Å². The third kappa shape index (κ3) is 2.76. The molecule has 20 heavy (non-hydrogen) atoms. The molecule has 0 fully saturated rings. The molecule has 1 aliphatic heterocycles. The fourth-order valence-corrected chi connectivity index (χ4v) is 2.26. The van der Waals surface area contributed by atoms with Crippen LogP contribution in [0.2, 0.25) is 0 Å². The van der Waals surface area contributed by atoms with Gasteiger partial charge in [-0.05, 0) is 43.0 Å². The van der Waals surface area contributed by atoms with Gasteiger partial charge in [0, 0.05) is 6.42 Å². The Kier molecular flexibility index (Phi) is 3.97. The number of amides is 1. The highest BCUT2D eigenvalue weighted by Crippen LogP contribution is 2.31. The van der Waals surface area contributed by atoms with E-state index in [0.29, 0.717) is 12.8 Å². The van der Waals surface area contributed by atoms with E-state index in [0.717, 1.165) is 22.4 Å². The van der Waals surface area contributed by atoms with Crippen molar-refractivity contribution >= 4 is 11.9 Å². The predicted molar refractivity (Wildman–Crippen MR) is 73.9 cm³/mol. The van der Waals surface area contributed by atoms with Crippen LogP contribution in [0.25, 0.3) is 0 Å². The number of benzene rings is 1. The zero-order valence-electron chi connectivity index (χ0n) is 11.9. The summed E-state index contributed by atoms with van der Waals surface area (Å²) in [4.78, 5) is 23.0. The molecule has 1 amide bonds. The third-order valence-electron chi connectivity index (χ3n) is 3.67. The standard InChI is InChI=1S/C15H19NO4/c1-4-11(15(18)19)16-14(17)13-7-10-5-8(2)9(3)6-12(10)20-13/h5-6,11,13H,4,7H2,1-3H3,(H,16,17)(H,18,19). The van der Waals surface area contributed by atoms with E-state index in [1.165, 1.54) is 0 Å². The van der Waals surface area contributed by atoms with Gasteiger partial charge in [0.2, 0.25) is 0 Å². The molecule has 0 spiro atoms. The maximum Gasteiger partial charge on any atom is 0.326 e. The van der Waals surface area contributed by atoms with Crippen molar-refractivity contribution in [3.63, 3.8) is 0 Å². The Labute approximate surface area is 117 Å². The Morgan fingerprint density at radius 1 is 1.40 bits per heavy atom. The molecule has 5 nitrogen and oxygen atoms in total. The first-order valence-electron chi connectivity index (χ1n) is 6.72. The van der Waals surface area contributed by atoms with Crippen LogP contribution in [0.1, 0.15) is 30.0 Å². The molecule has 0 aromatic heterocycles. The average molecular weight is 277 g/mol. The van der Waals surface area contributed by atoms with Crippen molar-refractivity contribution in [2.45, 2.75) is 45.8 Å². The number of fused-ring (bicyclic) bond motifs is 1. The highest BCUT2D eigenvalue weighted by atomic mass is 16.5. The van der Waals surface area contributed by atoms with E-state index in [9.17, 15) is 9.59 Å². The van der Waals surface area contributed by atoms with Crippen LogP contribution in [0.5, 0.6) is 5.75 Å². The molecular weight excluding hydrogens is 258 g/mol. The molecule has 1 aliphatic rings. The first-order valence-corrected chi connectivity index (χ1v) is 6.72. The number of rotatable bonds is 4. The predicted octanol–water partition coefficient (Wildman–Crippen LogP) is 1.59. The minimum Gasteiger partial charge on any atom is -0.480 e. The Morgan fingerprint density at radius 3 is 2.65 bits per heavy atom. The second-order valence-corrected chi connectivity index (χ2v) is 5.16. The lowest BCUT2D eigenvalue weighted by molar-refractivity contribution is -0.143. The summed E-state index contributed by atoms with van der Waals surface area (Å²) in [6.07, 6.45) is 0.191. The summed E-state index contributed by atoms with van der Waals surface area (Å²) in [5.41, 5.74) is 3.27. The monoisotopic (exact) mass is 277 g/mol. The van der Waals surface area contributed by atoms with Crippen LogP contribution in [0.15, 0.2) is 12.1 Å². The number of carboxylic acid groups (broad SMARTS) is 1. The summed E-state index contributed by atoms with van der Waals surface area (Å²) in [6.45, 7) is 5.72.